The van der Waals surface area contributed by atoms with Crippen LogP contribution in [-0.2, 0) is 4.79 Å². The van der Waals surface area contributed by atoms with E-state index in [1.165, 1.54) is 0 Å². The van der Waals surface area contributed by atoms with E-state index >= 15 is 0 Å². The molecular weight excluding hydrogens is 457 g/mol. The summed E-state index contributed by atoms with van der Waals surface area (Å²) in [7, 11) is 0. The van der Waals surface area contributed by atoms with Gasteiger partial charge in [0.05, 0.1) is 12.9 Å². The van der Waals surface area contributed by atoms with E-state index < -0.39 is 0 Å². The zero-order valence-electron chi connectivity index (χ0n) is 18.5. The van der Waals surface area contributed by atoms with Crippen molar-refractivity contribution >= 4 is 51.3 Å². The molecule has 0 spiro atoms. The molecular formula is C27H23Cl2NO3. The molecule has 4 rings (SSSR count). The van der Waals surface area contributed by atoms with E-state index in [1.54, 1.807) is 30.5 Å². The van der Waals surface area contributed by atoms with Gasteiger partial charge in [0.25, 0.3) is 0 Å². The Hall–Kier alpha value is -3.21. The van der Waals surface area contributed by atoms with E-state index in [2.05, 4.69) is 5.32 Å². The number of ether oxygens (including phenoxy) is 1. The van der Waals surface area contributed by atoms with Gasteiger partial charge >= 0.3 is 0 Å². The van der Waals surface area contributed by atoms with Gasteiger partial charge in [0.1, 0.15) is 11.3 Å². The molecule has 4 nitrogen and oxygen atoms in total. The fourth-order valence-electron chi connectivity index (χ4n) is 3.86. The molecule has 168 valence electrons. The van der Waals surface area contributed by atoms with Crippen molar-refractivity contribution in [1.29, 1.82) is 0 Å². The Bertz CT molecular complexity index is 1340. The third-order valence-corrected chi connectivity index (χ3v) is 5.76. The Kier molecular flexibility index (Phi) is 6.77. The fraction of sp³-hybridized carbons (Fsp3) is 0.148. The second kappa shape index (κ2) is 9.74. The van der Waals surface area contributed by atoms with Crippen LogP contribution >= 0.6 is 23.2 Å². The minimum absolute atomic E-state index is 0.290. The van der Waals surface area contributed by atoms with Crippen LogP contribution in [0.1, 0.15) is 25.0 Å². The first-order valence-corrected chi connectivity index (χ1v) is 11.3. The molecule has 1 heterocycles. The molecule has 0 unspecified atom stereocenters. The predicted molar refractivity (Wildman–Crippen MR) is 136 cm³/mol. The van der Waals surface area contributed by atoms with E-state index in [9.17, 15) is 4.79 Å². The van der Waals surface area contributed by atoms with Crippen molar-refractivity contribution in [3.8, 4) is 16.9 Å². The predicted octanol–water partition coefficient (Wildman–Crippen LogP) is 8.16. The number of hydrogen-bond acceptors (Lipinski definition) is 3. The third-order valence-electron chi connectivity index (χ3n) is 5.32. The summed E-state index contributed by atoms with van der Waals surface area (Å²) in [6.07, 6.45) is 3.31. The first-order valence-electron chi connectivity index (χ1n) is 10.6. The number of allylic oxidation sites excluding steroid dienone is 1. The van der Waals surface area contributed by atoms with Gasteiger partial charge in [0.15, 0.2) is 0 Å². The number of halogens is 2. The van der Waals surface area contributed by atoms with Crippen LogP contribution < -0.4 is 10.1 Å². The van der Waals surface area contributed by atoms with Crippen LogP contribution in [0.15, 0.2) is 71.4 Å². The number of nitrogens with one attached hydrogen (secondary N) is 1. The maximum absolute atomic E-state index is 12.7. The molecule has 1 aromatic heterocycles. The van der Waals surface area contributed by atoms with E-state index in [0.717, 1.165) is 38.8 Å². The second-order valence-electron chi connectivity index (χ2n) is 7.68. The van der Waals surface area contributed by atoms with Gasteiger partial charge < -0.3 is 14.5 Å². The van der Waals surface area contributed by atoms with Crippen LogP contribution in [0.2, 0.25) is 10.0 Å². The highest BCUT2D eigenvalue weighted by molar-refractivity contribution is 6.35. The third kappa shape index (κ3) is 4.92. The maximum Gasteiger partial charge on any atom is 0.248 e. The minimum atomic E-state index is -0.290. The standard InChI is InChI=1S/C27H23Cl2NO3/c1-4-32-26-17(3)27-23(24(15-33-27)18-8-6-5-7-9-18)14-22(26)16(2)10-25(31)30-21-12-19(28)11-20(29)13-21/h5-15H,4H2,1-3H3,(H,30,31)/b16-10+. The molecule has 4 aromatic rings. The number of hydrogen-bond donors (Lipinski definition) is 1. The number of fused-ring (bicyclic) bond motifs is 1. The molecule has 3 aromatic carbocycles. The first-order chi connectivity index (χ1) is 15.9. The Balaban J connectivity index is 1.77. The summed E-state index contributed by atoms with van der Waals surface area (Å²) >= 11 is 12.1. The number of aryl methyl sites for hydroxylation is 1. The van der Waals surface area contributed by atoms with Crippen molar-refractivity contribution in [1.82, 2.24) is 0 Å². The van der Waals surface area contributed by atoms with E-state index in [-0.39, 0.29) is 5.91 Å². The summed E-state index contributed by atoms with van der Waals surface area (Å²) in [5, 5.41) is 4.68. The molecule has 0 aliphatic carbocycles. The SMILES string of the molecule is CCOc1c(/C(C)=C/C(=O)Nc2cc(Cl)cc(Cl)c2)cc2c(-c3ccccc3)coc2c1C. The highest BCUT2D eigenvalue weighted by atomic mass is 35.5. The zero-order chi connectivity index (χ0) is 23.5. The molecule has 33 heavy (non-hydrogen) atoms. The quantitative estimate of drug-likeness (QED) is 0.283. The fourth-order valence-corrected chi connectivity index (χ4v) is 4.39. The van der Waals surface area contributed by atoms with Crippen LogP contribution in [0, 0.1) is 6.92 Å². The molecule has 0 atom stereocenters. The van der Waals surface area contributed by atoms with Crippen molar-refractivity contribution in [2.45, 2.75) is 20.8 Å². The van der Waals surface area contributed by atoms with E-state index in [4.69, 9.17) is 32.4 Å². The summed E-state index contributed by atoms with van der Waals surface area (Å²) in [4.78, 5) is 12.7. The summed E-state index contributed by atoms with van der Waals surface area (Å²) in [5.41, 5.74) is 5.83. The zero-order valence-corrected chi connectivity index (χ0v) is 20.1. The molecule has 0 bridgehead atoms. The first kappa shape index (κ1) is 23.0. The van der Waals surface area contributed by atoms with Gasteiger partial charge in [-0.1, -0.05) is 53.5 Å². The van der Waals surface area contributed by atoms with Crippen LogP contribution in [0.5, 0.6) is 5.75 Å². The number of carbonyl (C=O) groups is 1. The lowest BCUT2D eigenvalue weighted by Crippen LogP contribution is -2.09. The Morgan fingerprint density at radius 2 is 1.79 bits per heavy atom. The van der Waals surface area contributed by atoms with Gasteiger partial charge in [-0.05, 0) is 56.2 Å². The molecule has 0 aliphatic heterocycles. The lowest BCUT2D eigenvalue weighted by Gasteiger charge is -2.15. The van der Waals surface area contributed by atoms with Crippen molar-refractivity contribution < 1.29 is 13.9 Å². The number of carbonyl (C=O) groups excluding carboxylic acids is 1. The van der Waals surface area contributed by atoms with Gasteiger partial charge in [-0.25, -0.2) is 0 Å². The second-order valence-corrected chi connectivity index (χ2v) is 8.55. The number of benzene rings is 3. The molecule has 0 saturated heterocycles. The lowest BCUT2D eigenvalue weighted by atomic mass is 9.96. The van der Waals surface area contributed by atoms with Crippen molar-refractivity contribution in [2.75, 3.05) is 11.9 Å². The molecule has 0 fully saturated rings. The molecule has 0 saturated carbocycles. The number of amides is 1. The van der Waals surface area contributed by atoms with Gasteiger partial charge in [-0.2, -0.15) is 0 Å². The van der Waals surface area contributed by atoms with Crippen molar-refractivity contribution in [2.24, 2.45) is 0 Å². The molecule has 0 radical (unpaired) electrons. The highest BCUT2D eigenvalue weighted by Crippen LogP contribution is 2.40. The lowest BCUT2D eigenvalue weighted by molar-refractivity contribution is -0.111. The van der Waals surface area contributed by atoms with Gasteiger partial charge in [-0.15, -0.1) is 0 Å². The van der Waals surface area contributed by atoms with E-state index in [1.807, 2.05) is 57.2 Å². The average molecular weight is 480 g/mol. The van der Waals surface area contributed by atoms with Gasteiger partial charge in [0.2, 0.25) is 5.91 Å². The van der Waals surface area contributed by atoms with Crippen LogP contribution in [0.25, 0.3) is 27.7 Å². The Labute approximate surface area is 202 Å². The monoisotopic (exact) mass is 479 g/mol. The van der Waals surface area contributed by atoms with Crippen molar-refractivity contribution in [3.05, 3.63) is 88.1 Å². The van der Waals surface area contributed by atoms with E-state index in [0.29, 0.717) is 28.1 Å². The smallest absolute Gasteiger partial charge is 0.248 e. The number of rotatable bonds is 6. The Morgan fingerprint density at radius 3 is 2.45 bits per heavy atom. The molecule has 1 N–H and O–H groups in total. The molecule has 6 heteroatoms. The Morgan fingerprint density at radius 1 is 1.09 bits per heavy atom. The minimum Gasteiger partial charge on any atom is -0.493 e. The van der Waals surface area contributed by atoms with Crippen LogP contribution in [-0.4, -0.2) is 12.5 Å². The normalized spacial score (nSPS) is 11.6. The largest absolute Gasteiger partial charge is 0.493 e. The summed E-state index contributed by atoms with van der Waals surface area (Å²) < 4.78 is 11.9. The van der Waals surface area contributed by atoms with Gasteiger partial charge in [-0.3, -0.25) is 4.79 Å². The number of anilines is 1. The van der Waals surface area contributed by atoms with Crippen molar-refractivity contribution in [3.63, 3.8) is 0 Å². The summed E-state index contributed by atoms with van der Waals surface area (Å²) in [5.74, 6) is 0.410. The van der Waals surface area contributed by atoms with Crippen LogP contribution in [0.3, 0.4) is 0 Å². The van der Waals surface area contributed by atoms with Gasteiger partial charge in [0, 0.05) is 43.9 Å². The topological polar surface area (TPSA) is 51.5 Å². The summed E-state index contributed by atoms with van der Waals surface area (Å²) in [6, 6.07) is 17.0. The molecule has 1 amide bonds. The van der Waals surface area contributed by atoms with Crippen LogP contribution in [0.4, 0.5) is 5.69 Å². The average Bonchev–Trinajstić information content (AvgIpc) is 3.19. The highest BCUT2D eigenvalue weighted by Gasteiger charge is 2.19. The molecule has 0 aliphatic rings. The maximum atomic E-state index is 12.7. The summed E-state index contributed by atoms with van der Waals surface area (Å²) in [6.45, 7) is 6.28. The number of furan rings is 1.